The summed E-state index contributed by atoms with van der Waals surface area (Å²) in [6.07, 6.45) is 2.17. The van der Waals surface area contributed by atoms with Gasteiger partial charge in [0.25, 0.3) is 0 Å². The number of hydrogen-bond donors (Lipinski definition) is 1. The van der Waals surface area contributed by atoms with Crippen molar-refractivity contribution in [2.75, 3.05) is 13.6 Å². The van der Waals surface area contributed by atoms with E-state index in [1.165, 1.54) is 12.1 Å². The highest BCUT2D eigenvalue weighted by molar-refractivity contribution is 9.10. The molecule has 102 valence electrons. The van der Waals surface area contributed by atoms with Crippen LogP contribution < -0.4 is 5.73 Å². The number of hydrogen-bond acceptors (Lipinski definition) is 2. The van der Waals surface area contributed by atoms with E-state index in [4.69, 9.17) is 5.73 Å². The Morgan fingerprint density at radius 2 is 1.94 bits per heavy atom. The van der Waals surface area contributed by atoms with E-state index in [1.54, 1.807) is 0 Å². The third-order valence-electron chi connectivity index (χ3n) is 3.55. The Hall–Kier alpha value is -0.450. The van der Waals surface area contributed by atoms with Crippen LogP contribution in [0.3, 0.4) is 0 Å². The number of nitrogens with two attached hydrogens (primary N) is 1. The normalized spacial score (nSPS) is 13.3. The summed E-state index contributed by atoms with van der Waals surface area (Å²) in [5.74, 6) is -0.230. The minimum atomic E-state index is -0.230. The van der Waals surface area contributed by atoms with Crippen molar-refractivity contribution in [2.45, 2.75) is 38.8 Å². The average molecular weight is 317 g/mol. The Kier molecular flexibility index (Phi) is 6.26. The first-order valence-corrected chi connectivity index (χ1v) is 7.21. The zero-order valence-electron chi connectivity index (χ0n) is 11.3. The first-order chi connectivity index (χ1) is 8.54. The Labute approximate surface area is 117 Å². The molecule has 0 saturated carbocycles. The molecule has 1 unspecified atom stereocenters. The molecule has 0 aliphatic carbocycles. The van der Waals surface area contributed by atoms with Crippen LogP contribution in [0.2, 0.25) is 0 Å². The summed E-state index contributed by atoms with van der Waals surface area (Å²) in [5, 5.41) is 0. The maximum absolute atomic E-state index is 13.1. The highest BCUT2D eigenvalue weighted by atomic mass is 79.9. The molecule has 0 aliphatic heterocycles. The van der Waals surface area contributed by atoms with Crippen molar-refractivity contribution in [2.24, 2.45) is 5.73 Å². The van der Waals surface area contributed by atoms with Crippen LogP contribution in [0.1, 0.15) is 38.3 Å². The summed E-state index contributed by atoms with van der Waals surface area (Å²) in [6.45, 7) is 4.88. The van der Waals surface area contributed by atoms with Gasteiger partial charge in [-0.25, -0.2) is 4.39 Å². The molecule has 0 aromatic heterocycles. The maximum atomic E-state index is 13.1. The fourth-order valence-electron chi connectivity index (χ4n) is 2.40. The van der Waals surface area contributed by atoms with Gasteiger partial charge in [-0.3, -0.25) is 4.90 Å². The molecular weight excluding hydrogens is 295 g/mol. The van der Waals surface area contributed by atoms with Crippen LogP contribution in [-0.4, -0.2) is 24.5 Å². The van der Waals surface area contributed by atoms with Gasteiger partial charge in [0.05, 0.1) is 0 Å². The van der Waals surface area contributed by atoms with Gasteiger partial charge in [-0.05, 0) is 37.6 Å². The van der Waals surface area contributed by atoms with E-state index in [1.807, 2.05) is 6.07 Å². The number of likely N-dealkylation sites (N-methyl/N-ethyl adjacent to an activating group) is 1. The van der Waals surface area contributed by atoms with Crippen LogP contribution in [0.25, 0.3) is 0 Å². The van der Waals surface area contributed by atoms with E-state index in [-0.39, 0.29) is 11.9 Å². The van der Waals surface area contributed by atoms with Gasteiger partial charge in [0.2, 0.25) is 0 Å². The second-order valence-corrected chi connectivity index (χ2v) is 5.41. The zero-order valence-corrected chi connectivity index (χ0v) is 12.9. The monoisotopic (exact) mass is 316 g/mol. The molecule has 0 spiro atoms. The van der Waals surface area contributed by atoms with Gasteiger partial charge in [0.15, 0.2) is 0 Å². The van der Waals surface area contributed by atoms with Crippen molar-refractivity contribution < 1.29 is 4.39 Å². The summed E-state index contributed by atoms with van der Waals surface area (Å²) >= 11 is 3.43. The van der Waals surface area contributed by atoms with E-state index in [0.717, 1.165) is 22.9 Å². The first-order valence-electron chi connectivity index (χ1n) is 6.42. The molecule has 1 rings (SSSR count). The van der Waals surface area contributed by atoms with Crippen molar-refractivity contribution in [3.8, 4) is 0 Å². The lowest BCUT2D eigenvalue weighted by Crippen LogP contribution is -2.38. The van der Waals surface area contributed by atoms with Gasteiger partial charge < -0.3 is 5.73 Å². The van der Waals surface area contributed by atoms with Crippen LogP contribution >= 0.6 is 15.9 Å². The fourth-order valence-corrected chi connectivity index (χ4v) is 3.02. The van der Waals surface area contributed by atoms with E-state index in [2.05, 4.69) is 41.7 Å². The molecule has 1 atom stereocenters. The summed E-state index contributed by atoms with van der Waals surface area (Å²) in [5.41, 5.74) is 6.95. The summed E-state index contributed by atoms with van der Waals surface area (Å²) in [7, 11) is 2.09. The molecule has 0 bridgehead atoms. The molecule has 2 nitrogen and oxygen atoms in total. The van der Waals surface area contributed by atoms with Crippen LogP contribution in [0.15, 0.2) is 22.7 Å². The largest absolute Gasteiger partial charge is 0.329 e. The Bertz CT molecular complexity index is 380. The highest BCUT2D eigenvalue weighted by Crippen LogP contribution is 2.29. The predicted octanol–water partition coefficient (Wildman–Crippen LogP) is 3.71. The smallest absolute Gasteiger partial charge is 0.124 e. The summed E-state index contributed by atoms with van der Waals surface area (Å²) in [6, 6.07) is 5.42. The molecule has 0 fully saturated rings. The Morgan fingerprint density at radius 3 is 2.39 bits per heavy atom. The van der Waals surface area contributed by atoms with Crippen molar-refractivity contribution in [1.82, 2.24) is 4.90 Å². The van der Waals surface area contributed by atoms with Gasteiger partial charge >= 0.3 is 0 Å². The molecule has 18 heavy (non-hydrogen) atoms. The first kappa shape index (κ1) is 15.6. The minimum absolute atomic E-state index is 0.116. The standard InChI is InChI=1S/C14H22BrFN2/c1-4-11(5-2)18(3)14(9-17)12-7-6-10(16)8-13(12)15/h6-8,11,14H,4-5,9,17H2,1-3H3. The molecule has 4 heteroatoms. The number of nitrogens with zero attached hydrogens (tertiary/aromatic N) is 1. The second-order valence-electron chi connectivity index (χ2n) is 4.55. The number of halogens is 2. The lowest BCUT2D eigenvalue weighted by Gasteiger charge is -2.34. The van der Waals surface area contributed by atoms with Crippen molar-refractivity contribution >= 4 is 15.9 Å². The molecule has 2 N–H and O–H groups in total. The van der Waals surface area contributed by atoms with Gasteiger partial charge in [-0.1, -0.05) is 35.8 Å². The van der Waals surface area contributed by atoms with Crippen molar-refractivity contribution in [3.05, 3.63) is 34.1 Å². The SMILES string of the molecule is CCC(CC)N(C)C(CN)c1ccc(F)cc1Br. The molecule has 0 amide bonds. The van der Waals surface area contributed by atoms with Gasteiger partial charge in [-0.15, -0.1) is 0 Å². The lowest BCUT2D eigenvalue weighted by atomic mass is 10.0. The zero-order chi connectivity index (χ0) is 13.7. The number of benzene rings is 1. The third-order valence-corrected chi connectivity index (χ3v) is 4.24. The molecule has 0 radical (unpaired) electrons. The highest BCUT2D eigenvalue weighted by Gasteiger charge is 2.22. The maximum Gasteiger partial charge on any atom is 0.124 e. The van der Waals surface area contributed by atoms with Crippen LogP contribution in [-0.2, 0) is 0 Å². The van der Waals surface area contributed by atoms with Gasteiger partial charge in [0, 0.05) is 23.1 Å². The number of rotatable bonds is 6. The van der Waals surface area contributed by atoms with Crippen molar-refractivity contribution in [3.63, 3.8) is 0 Å². The van der Waals surface area contributed by atoms with Crippen LogP contribution in [0, 0.1) is 5.82 Å². The average Bonchev–Trinajstić information content (AvgIpc) is 2.34. The quantitative estimate of drug-likeness (QED) is 0.867. The molecular formula is C14H22BrFN2. The Morgan fingerprint density at radius 1 is 1.33 bits per heavy atom. The molecule has 0 heterocycles. The molecule has 1 aromatic carbocycles. The van der Waals surface area contributed by atoms with E-state index < -0.39 is 0 Å². The third kappa shape index (κ3) is 3.53. The topological polar surface area (TPSA) is 29.3 Å². The second kappa shape index (κ2) is 7.22. The lowest BCUT2D eigenvalue weighted by molar-refractivity contribution is 0.167. The van der Waals surface area contributed by atoms with Crippen LogP contribution in [0.5, 0.6) is 0 Å². The van der Waals surface area contributed by atoms with Gasteiger partial charge in [0.1, 0.15) is 5.82 Å². The van der Waals surface area contributed by atoms with Gasteiger partial charge in [-0.2, -0.15) is 0 Å². The Balaban J connectivity index is 3.01. The minimum Gasteiger partial charge on any atom is -0.329 e. The molecule has 1 aromatic rings. The molecule has 0 saturated heterocycles. The fraction of sp³-hybridized carbons (Fsp3) is 0.571. The molecule has 0 aliphatic rings. The van der Waals surface area contributed by atoms with E-state index in [9.17, 15) is 4.39 Å². The van der Waals surface area contributed by atoms with E-state index in [0.29, 0.717) is 12.6 Å². The van der Waals surface area contributed by atoms with Crippen molar-refractivity contribution in [1.29, 1.82) is 0 Å². The van der Waals surface area contributed by atoms with Crippen LogP contribution in [0.4, 0.5) is 4.39 Å². The predicted molar refractivity (Wildman–Crippen MR) is 78.0 cm³/mol. The summed E-state index contributed by atoms with van der Waals surface area (Å²) in [4.78, 5) is 2.29. The summed E-state index contributed by atoms with van der Waals surface area (Å²) < 4.78 is 13.9. The van der Waals surface area contributed by atoms with E-state index >= 15 is 0 Å².